The summed E-state index contributed by atoms with van der Waals surface area (Å²) < 4.78 is 0. The van der Waals surface area contributed by atoms with Crippen molar-refractivity contribution >= 4 is 11.8 Å². The molecule has 0 unspecified atom stereocenters. The van der Waals surface area contributed by atoms with Crippen LogP contribution in [-0.2, 0) is 9.59 Å². The van der Waals surface area contributed by atoms with Crippen LogP contribution in [0.4, 0.5) is 0 Å². The number of carbonyl (C=O) groups is 2. The highest BCUT2D eigenvalue weighted by Crippen LogP contribution is 2.42. The Morgan fingerprint density at radius 3 is 2.68 bits per heavy atom. The number of hydrogen-bond donors (Lipinski definition) is 2. The zero-order valence-electron chi connectivity index (χ0n) is 10.9. The van der Waals surface area contributed by atoms with Crippen molar-refractivity contribution in [3.05, 3.63) is 22.8 Å². The fourth-order valence-corrected chi connectivity index (χ4v) is 2.99. The lowest BCUT2D eigenvalue weighted by atomic mass is 9.83. The van der Waals surface area contributed by atoms with E-state index in [-0.39, 0.29) is 30.7 Å². The van der Waals surface area contributed by atoms with Gasteiger partial charge in [-0.3, -0.25) is 19.7 Å². The molecule has 19 heavy (non-hydrogen) atoms. The molecule has 0 radical (unpaired) electrons. The third-order valence-electron chi connectivity index (χ3n) is 3.62. The van der Waals surface area contributed by atoms with Crippen LogP contribution in [0.25, 0.3) is 0 Å². The largest absolute Gasteiger partial charge is 0.368 e. The molecule has 3 N–H and O–H groups in total. The molecule has 0 aromatic rings. The minimum atomic E-state index is -1.19. The van der Waals surface area contributed by atoms with Gasteiger partial charge < -0.3 is 11.1 Å². The first kappa shape index (κ1) is 15.1. The van der Waals surface area contributed by atoms with Crippen molar-refractivity contribution in [3.8, 4) is 0 Å². The molecule has 0 spiro atoms. The van der Waals surface area contributed by atoms with E-state index < -0.39 is 16.4 Å². The Balaban J connectivity index is 3.02. The summed E-state index contributed by atoms with van der Waals surface area (Å²) >= 11 is 0. The first-order chi connectivity index (χ1) is 8.81. The highest BCUT2D eigenvalue weighted by atomic mass is 16.6. The first-order valence-electron chi connectivity index (χ1n) is 6.13. The van der Waals surface area contributed by atoms with Crippen LogP contribution in [0, 0.1) is 22.0 Å². The highest BCUT2D eigenvalue weighted by Gasteiger charge is 2.52. The molecule has 106 valence electrons. The SMILES string of the molecule is C=CC[C@H]1C[C@@H](C[N+](=O)[O-])C[C@@]1(NC(C)=O)C(N)=O. The molecule has 0 aliphatic heterocycles. The molecule has 1 aliphatic carbocycles. The number of amides is 2. The van der Waals surface area contributed by atoms with Crippen LogP contribution in [0.3, 0.4) is 0 Å². The van der Waals surface area contributed by atoms with E-state index in [4.69, 9.17) is 5.73 Å². The van der Waals surface area contributed by atoms with Crippen molar-refractivity contribution in [2.45, 2.75) is 31.7 Å². The van der Waals surface area contributed by atoms with Gasteiger partial charge in [0.1, 0.15) is 5.54 Å². The van der Waals surface area contributed by atoms with Gasteiger partial charge in [-0.15, -0.1) is 6.58 Å². The van der Waals surface area contributed by atoms with Crippen molar-refractivity contribution in [3.63, 3.8) is 0 Å². The monoisotopic (exact) mass is 269 g/mol. The number of nitrogens with two attached hydrogens (primary N) is 1. The molecule has 7 nitrogen and oxygen atoms in total. The third-order valence-corrected chi connectivity index (χ3v) is 3.62. The number of primary amides is 1. The molecule has 3 atom stereocenters. The Morgan fingerprint density at radius 1 is 1.63 bits per heavy atom. The zero-order chi connectivity index (χ0) is 14.6. The molecule has 1 rings (SSSR count). The summed E-state index contributed by atoms with van der Waals surface area (Å²) in [5, 5.41) is 13.2. The van der Waals surface area contributed by atoms with Crippen LogP contribution in [0.1, 0.15) is 26.2 Å². The summed E-state index contributed by atoms with van der Waals surface area (Å²) in [7, 11) is 0. The van der Waals surface area contributed by atoms with Gasteiger partial charge in [-0.1, -0.05) is 6.08 Å². The summed E-state index contributed by atoms with van der Waals surface area (Å²) in [5.41, 5.74) is 4.24. The van der Waals surface area contributed by atoms with Crippen molar-refractivity contribution in [1.82, 2.24) is 5.32 Å². The number of nitrogens with one attached hydrogen (secondary N) is 1. The van der Waals surface area contributed by atoms with Crippen LogP contribution in [-0.4, -0.2) is 28.8 Å². The summed E-state index contributed by atoms with van der Waals surface area (Å²) in [4.78, 5) is 33.3. The van der Waals surface area contributed by atoms with Gasteiger partial charge >= 0.3 is 0 Å². The van der Waals surface area contributed by atoms with Gasteiger partial charge in [0.05, 0.1) is 0 Å². The lowest BCUT2D eigenvalue weighted by Gasteiger charge is -2.32. The number of rotatable bonds is 6. The third kappa shape index (κ3) is 3.30. The second-order valence-electron chi connectivity index (χ2n) is 5.06. The lowest BCUT2D eigenvalue weighted by molar-refractivity contribution is -0.488. The molecular formula is C12H19N3O4. The van der Waals surface area contributed by atoms with Crippen LogP contribution >= 0.6 is 0 Å². The van der Waals surface area contributed by atoms with Gasteiger partial charge in [-0.25, -0.2) is 0 Å². The number of hydrogen-bond acceptors (Lipinski definition) is 4. The summed E-state index contributed by atoms with van der Waals surface area (Å²) in [5.74, 6) is -1.51. The van der Waals surface area contributed by atoms with Crippen LogP contribution in [0.2, 0.25) is 0 Å². The Labute approximate surface area is 111 Å². The molecule has 1 fully saturated rings. The van der Waals surface area contributed by atoms with Gasteiger partial charge in [-0.2, -0.15) is 0 Å². The molecule has 7 heteroatoms. The summed E-state index contributed by atoms with van der Waals surface area (Å²) in [6.07, 6.45) is 2.81. The van der Waals surface area contributed by atoms with E-state index in [0.717, 1.165) is 0 Å². The predicted molar refractivity (Wildman–Crippen MR) is 68.6 cm³/mol. The zero-order valence-corrected chi connectivity index (χ0v) is 10.9. The maximum absolute atomic E-state index is 11.8. The molecule has 1 saturated carbocycles. The van der Waals surface area contributed by atoms with Gasteiger partial charge in [-0.05, 0) is 25.2 Å². The van der Waals surface area contributed by atoms with Crippen molar-refractivity contribution < 1.29 is 14.5 Å². The Bertz CT molecular complexity index is 410. The first-order valence-corrected chi connectivity index (χ1v) is 6.13. The average Bonchev–Trinajstić information content (AvgIpc) is 2.56. The van der Waals surface area contributed by atoms with E-state index in [1.807, 2.05) is 0 Å². The topological polar surface area (TPSA) is 115 Å². The molecule has 0 heterocycles. The number of nitro groups is 1. The second kappa shape index (κ2) is 5.81. The Kier molecular flexibility index (Phi) is 4.63. The highest BCUT2D eigenvalue weighted by molar-refractivity contribution is 5.90. The van der Waals surface area contributed by atoms with Crippen LogP contribution in [0.5, 0.6) is 0 Å². The van der Waals surface area contributed by atoms with Gasteiger partial charge in [0.2, 0.25) is 18.4 Å². The summed E-state index contributed by atoms with van der Waals surface area (Å²) in [6, 6.07) is 0. The fraction of sp³-hybridized carbons (Fsp3) is 0.667. The molecule has 0 saturated heterocycles. The number of allylic oxidation sites excluding steroid dienone is 1. The molecule has 2 amide bonds. The number of carbonyl (C=O) groups excluding carboxylic acids is 2. The molecule has 0 bridgehead atoms. The lowest BCUT2D eigenvalue weighted by Crippen LogP contribution is -2.59. The van der Waals surface area contributed by atoms with Crippen molar-refractivity contribution in [1.29, 1.82) is 0 Å². The van der Waals surface area contributed by atoms with E-state index in [1.54, 1.807) is 6.08 Å². The van der Waals surface area contributed by atoms with Crippen molar-refractivity contribution in [2.24, 2.45) is 17.6 Å². The molecule has 0 aromatic carbocycles. The Morgan fingerprint density at radius 2 is 2.26 bits per heavy atom. The van der Waals surface area contributed by atoms with Gasteiger partial charge in [0.15, 0.2) is 0 Å². The maximum Gasteiger partial charge on any atom is 0.243 e. The van der Waals surface area contributed by atoms with Crippen LogP contribution < -0.4 is 11.1 Å². The molecular weight excluding hydrogens is 250 g/mol. The van der Waals surface area contributed by atoms with E-state index >= 15 is 0 Å². The smallest absolute Gasteiger partial charge is 0.243 e. The van der Waals surface area contributed by atoms with E-state index in [2.05, 4.69) is 11.9 Å². The maximum atomic E-state index is 11.8. The predicted octanol–water partition coefficient (Wildman–Crippen LogP) is 0.226. The molecule has 1 aliphatic rings. The van der Waals surface area contributed by atoms with Gasteiger partial charge in [0.25, 0.3) is 0 Å². The Hall–Kier alpha value is -1.92. The van der Waals surface area contributed by atoms with Crippen LogP contribution in [0.15, 0.2) is 12.7 Å². The minimum Gasteiger partial charge on any atom is -0.368 e. The summed E-state index contributed by atoms with van der Waals surface area (Å²) in [6.45, 7) is 4.70. The standard InChI is InChI=1S/C12H19N3O4/c1-3-4-10-5-9(7-15(18)19)6-12(10,11(13)17)14-8(2)16/h3,9-10H,1,4-7H2,2H3,(H2,13,17)(H,14,16)/t9-,10+,12+/m1/s1. The second-order valence-corrected chi connectivity index (χ2v) is 5.06. The normalized spacial score (nSPS) is 29.7. The fourth-order valence-electron chi connectivity index (χ4n) is 2.99. The van der Waals surface area contributed by atoms with Crippen molar-refractivity contribution in [2.75, 3.05) is 6.54 Å². The minimum absolute atomic E-state index is 0.210. The van der Waals surface area contributed by atoms with E-state index in [1.165, 1.54) is 6.92 Å². The average molecular weight is 269 g/mol. The van der Waals surface area contributed by atoms with E-state index in [0.29, 0.717) is 12.8 Å². The van der Waals surface area contributed by atoms with Gasteiger partial charge in [0, 0.05) is 17.8 Å². The number of nitrogens with zero attached hydrogens (tertiary/aromatic N) is 1. The van der Waals surface area contributed by atoms with E-state index in [9.17, 15) is 19.7 Å². The quantitative estimate of drug-likeness (QED) is 0.408. The molecule has 0 aromatic heterocycles.